The number of thioether (sulfide) groups is 1. The second-order valence-electron chi connectivity index (χ2n) is 6.19. The molecule has 27 heavy (non-hydrogen) atoms. The van der Waals surface area contributed by atoms with Crippen LogP contribution in [-0.2, 0) is 12.3 Å². The smallest absolute Gasteiger partial charge is 0.262 e. The quantitative estimate of drug-likeness (QED) is 0.423. The van der Waals surface area contributed by atoms with Crippen molar-refractivity contribution >= 4 is 22.7 Å². The molecule has 2 aromatic carbocycles. The highest BCUT2D eigenvalue weighted by Crippen LogP contribution is 2.30. The van der Waals surface area contributed by atoms with Gasteiger partial charge in [-0.25, -0.2) is 4.98 Å². The average molecular weight is 385 g/mol. The maximum absolute atomic E-state index is 13.0. The molecule has 3 aromatic rings. The summed E-state index contributed by atoms with van der Waals surface area (Å²) in [6, 6.07) is 13.2. The summed E-state index contributed by atoms with van der Waals surface area (Å²) in [5, 5.41) is 1.40. The lowest BCUT2D eigenvalue weighted by atomic mass is 10.2. The van der Waals surface area contributed by atoms with Gasteiger partial charge in [0.05, 0.1) is 25.1 Å². The molecule has 6 heteroatoms. The van der Waals surface area contributed by atoms with E-state index in [2.05, 4.69) is 6.92 Å². The van der Waals surface area contributed by atoms with Crippen LogP contribution in [-0.4, -0.2) is 23.8 Å². The monoisotopic (exact) mass is 384 g/mol. The number of fused-ring (bicyclic) bond motifs is 1. The van der Waals surface area contributed by atoms with Crippen molar-refractivity contribution in [3.63, 3.8) is 0 Å². The van der Waals surface area contributed by atoms with Gasteiger partial charge in [-0.1, -0.05) is 37.2 Å². The molecular formula is C21H24N2O3S. The van der Waals surface area contributed by atoms with Gasteiger partial charge in [0, 0.05) is 17.9 Å². The second kappa shape index (κ2) is 8.95. The molecule has 5 nitrogen and oxygen atoms in total. The van der Waals surface area contributed by atoms with Crippen LogP contribution in [0.3, 0.4) is 0 Å². The first-order chi connectivity index (χ1) is 13.2. The molecule has 0 aliphatic rings. The van der Waals surface area contributed by atoms with Crippen LogP contribution in [0.5, 0.6) is 11.5 Å². The Morgan fingerprint density at radius 2 is 1.93 bits per heavy atom. The number of ether oxygens (including phenoxy) is 2. The normalized spacial score (nSPS) is 10.9. The predicted octanol–water partition coefficient (Wildman–Crippen LogP) is 4.51. The standard InChI is InChI=1S/C21H24N2O3S/c1-4-5-12-23-20(24)17-8-6-7-9-18(17)22-21(23)27-14-15-13-16(25-2)10-11-19(15)26-3/h6-11,13H,4-5,12,14H2,1-3H3. The molecule has 0 saturated heterocycles. The van der Waals surface area contributed by atoms with Gasteiger partial charge in [0.2, 0.25) is 0 Å². The van der Waals surface area contributed by atoms with Gasteiger partial charge in [-0.05, 0) is 36.8 Å². The van der Waals surface area contributed by atoms with Gasteiger partial charge >= 0.3 is 0 Å². The molecule has 0 unspecified atom stereocenters. The first-order valence-corrected chi connectivity index (χ1v) is 9.99. The Kier molecular flexibility index (Phi) is 6.40. The van der Waals surface area contributed by atoms with Crippen LogP contribution in [0.25, 0.3) is 10.9 Å². The fourth-order valence-corrected chi connectivity index (χ4v) is 3.91. The Hall–Kier alpha value is -2.47. The van der Waals surface area contributed by atoms with Crippen LogP contribution in [0.1, 0.15) is 25.3 Å². The lowest BCUT2D eigenvalue weighted by Gasteiger charge is -2.14. The topological polar surface area (TPSA) is 53.4 Å². The molecule has 0 atom stereocenters. The molecule has 0 saturated carbocycles. The van der Waals surface area contributed by atoms with Gasteiger partial charge in [0.1, 0.15) is 11.5 Å². The SMILES string of the molecule is CCCCn1c(SCc2cc(OC)ccc2OC)nc2ccccc2c1=O. The number of rotatable bonds is 8. The maximum atomic E-state index is 13.0. The van der Waals surface area contributed by atoms with Crippen molar-refractivity contribution < 1.29 is 9.47 Å². The van der Waals surface area contributed by atoms with E-state index in [0.717, 1.165) is 40.6 Å². The summed E-state index contributed by atoms with van der Waals surface area (Å²) < 4.78 is 12.6. The molecule has 0 radical (unpaired) electrons. The summed E-state index contributed by atoms with van der Waals surface area (Å²) in [5.74, 6) is 2.21. The van der Waals surface area contributed by atoms with Gasteiger partial charge in [-0.15, -0.1) is 0 Å². The highest BCUT2D eigenvalue weighted by molar-refractivity contribution is 7.98. The van der Waals surface area contributed by atoms with E-state index in [1.54, 1.807) is 30.5 Å². The van der Waals surface area contributed by atoms with E-state index in [0.29, 0.717) is 17.7 Å². The minimum Gasteiger partial charge on any atom is -0.497 e. The summed E-state index contributed by atoms with van der Waals surface area (Å²) in [7, 11) is 3.30. The fraction of sp³-hybridized carbons (Fsp3) is 0.333. The Balaban J connectivity index is 1.97. The zero-order chi connectivity index (χ0) is 19.2. The van der Waals surface area contributed by atoms with Gasteiger partial charge in [0.15, 0.2) is 5.16 Å². The van der Waals surface area contributed by atoms with Crippen molar-refractivity contribution in [2.45, 2.75) is 37.2 Å². The minimum absolute atomic E-state index is 0.0224. The third-order valence-corrected chi connectivity index (χ3v) is 5.43. The average Bonchev–Trinajstić information content (AvgIpc) is 2.71. The number of aromatic nitrogens is 2. The lowest BCUT2D eigenvalue weighted by Crippen LogP contribution is -2.23. The minimum atomic E-state index is 0.0224. The maximum Gasteiger partial charge on any atom is 0.262 e. The van der Waals surface area contributed by atoms with Crippen molar-refractivity contribution in [1.82, 2.24) is 9.55 Å². The van der Waals surface area contributed by atoms with E-state index in [9.17, 15) is 4.79 Å². The summed E-state index contributed by atoms with van der Waals surface area (Å²) in [5.41, 5.74) is 1.76. The van der Waals surface area contributed by atoms with E-state index < -0.39 is 0 Å². The van der Waals surface area contributed by atoms with Crippen LogP contribution >= 0.6 is 11.8 Å². The number of methoxy groups -OCH3 is 2. The Bertz CT molecular complexity index is 985. The van der Waals surface area contributed by atoms with Crippen molar-refractivity contribution in [3.8, 4) is 11.5 Å². The van der Waals surface area contributed by atoms with Crippen molar-refractivity contribution in [2.24, 2.45) is 0 Å². The van der Waals surface area contributed by atoms with Gasteiger partial charge in [-0.2, -0.15) is 0 Å². The number of unbranched alkanes of at least 4 members (excludes halogenated alkanes) is 1. The number of benzene rings is 2. The molecule has 1 aromatic heterocycles. The van der Waals surface area contributed by atoms with Crippen molar-refractivity contribution in [3.05, 3.63) is 58.4 Å². The Morgan fingerprint density at radius 1 is 1.11 bits per heavy atom. The number of para-hydroxylation sites is 1. The summed E-state index contributed by atoms with van der Waals surface area (Å²) in [4.78, 5) is 17.7. The number of hydrogen-bond acceptors (Lipinski definition) is 5. The van der Waals surface area contributed by atoms with Crippen LogP contribution in [0.4, 0.5) is 0 Å². The van der Waals surface area contributed by atoms with Crippen molar-refractivity contribution in [1.29, 1.82) is 0 Å². The predicted molar refractivity (Wildman–Crippen MR) is 110 cm³/mol. The first kappa shape index (κ1) is 19.3. The molecule has 1 heterocycles. The molecule has 0 bridgehead atoms. The van der Waals surface area contributed by atoms with E-state index in [-0.39, 0.29) is 5.56 Å². The van der Waals surface area contributed by atoms with E-state index in [1.165, 1.54) is 0 Å². The van der Waals surface area contributed by atoms with Crippen LogP contribution in [0.2, 0.25) is 0 Å². The molecule has 142 valence electrons. The highest BCUT2D eigenvalue weighted by Gasteiger charge is 2.13. The second-order valence-corrected chi connectivity index (χ2v) is 7.13. The zero-order valence-corrected chi connectivity index (χ0v) is 16.7. The summed E-state index contributed by atoms with van der Waals surface area (Å²) in [6.45, 7) is 2.79. The highest BCUT2D eigenvalue weighted by atomic mass is 32.2. The third-order valence-electron chi connectivity index (χ3n) is 4.41. The molecule has 0 spiro atoms. The summed E-state index contributed by atoms with van der Waals surface area (Å²) >= 11 is 1.54. The van der Waals surface area contributed by atoms with Crippen LogP contribution in [0, 0.1) is 0 Å². The Labute approximate surface area is 163 Å². The van der Waals surface area contributed by atoms with Crippen molar-refractivity contribution in [2.75, 3.05) is 14.2 Å². The molecule has 0 aliphatic heterocycles. The fourth-order valence-electron chi connectivity index (χ4n) is 2.91. The van der Waals surface area contributed by atoms with Gasteiger partial charge in [0.25, 0.3) is 5.56 Å². The van der Waals surface area contributed by atoms with Crippen LogP contribution < -0.4 is 15.0 Å². The van der Waals surface area contributed by atoms with Gasteiger partial charge < -0.3 is 9.47 Å². The number of hydrogen-bond donors (Lipinski definition) is 0. The molecule has 0 aliphatic carbocycles. The van der Waals surface area contributed by atoms with E-state index in [1.807, 2.05) is 42.5 Å². The molecule has 0 amide bonds. The first-order valence-electron chi connectivity index (χ1n) is 9.01. The number of nitrogens with zero attached hydrogens (tertiary/aromatic N) is 2. The van der Waals surface area contributed by atoms with E-state index >= 15 is 0 Å². The third kappa shape index (κ3) is 4.27. The molecular weight excluding hydrogens is 360 g/mol. The zero-order valence-electron chi connectivity index (χ0n) is 15.9. The summed E-state index contributed by atoms with van der Waals surface area (Å²) in [6.07, 6.45) is 1.96. The van der Waals surface area contributed by atoms with E-state index in [4.69, 9.17) is 14.5 Å². The van der Waals surface area contributed by atoms with Crippen LogP contribution in [0.15, 0.2) is 52.4 Å². The largest absolute Gasteiger partial charge is 0.497 e. The lowest BCUT2D eigenvalue weighted by molar-refractivity contribution is 0.400. The molecule has 3 rings (SSSR count). The molecule has 0 fully saturated rings. The van der Waals surface area contributed by atoms with Gasteiger partial charge in [-0.3, -0.25) is 9.36 Å². The molecule has 0 N–H and O–H groups in total. The Morgan fingerprint density at radius 3 is 2.67 bits per heavy atom.